The predicted molar refractivity (Wildman–Crippen MR) is 63.2 cm³/mol. The van der Waals surface area contributed by atoms with E-state index < -0.39 is 0 Å². The summed E-state index contributed by atoms with van der Waals surface area (Å²) in [5, 5.41) is 5.39. The van der Waals surface area contributed by atoms with Gasteiger partial charge in [-0.1, -0.05) is 12.1 Å². The molecule has 17 heavy (non-hydrogen) atoms. The summed E-state index contributed by atoms with van der Waals surface area (Å²) in [7, 11) is 1.57. The van der Waals surface area contributed by atoms with Crippen molar-refractivity contribution >= 4 is 6.03 Å². The number of nitrogens with one attached hydrogen (secondary N) is 2. The maximum atomic E-state index is 12.7. The number of carbonyl (C=O) groups is 1. The average molecular weight is 240 g/mol. The predicted octanol–water partition coefficient (Wildman–Crippen LogP) is 1.83. The van der Waals surface area contributed by atoms with E-state index in [-0.39, 0.29) is 17.9 Å². The van der Waals surface area contributed by atoms with Crippen molar-refractivity contribution in [3.63, 3.8) is 0 Å². The largest absolute Gasteiger partial charge is 0.383 e. The molecule has 0 heterocycles. The molecule has 0 radical (unpaired) electrons. The summed E-state index contributed by atoms with van der Waals surface area (Å²) in [6.07, 6.45) is 0. The first-order valence-electron chi connectivity index (χ1n) is 5.42. The molecule has 0 bridgehead atoms. The van der Waals surface area contributed by atoms with Crippen molar-refractivity contribution in [3.05, 3.63) is 35.6 Å². The molecule has 0 aromatic heterocycles. The van der Waals surface area contributed by atoms with E-state index in [1.807, 2.05) is 6.92 Å². The second-order valence-corrected chi connectivity index (χ2v) is 3.67. The Morgan fingerprint density at radius 3 is 2.65 bits per heavy atom. The molecule has 1 atom stereocenters. The molecule has 1 rings (SSSR count). The zero-order valence-electron chi connectivity index (χ0n) is 10.00. The fraction of sp³-hybridized carbons (Fsp3) is 0.417. The Morgan fingerprint density at radius 2 is 2.06 bits per heavy atom. The molecule has 0 aliphatic carbocycles. The lowest BCUT2D eigenvalue weighted by Gasteiger charge is -2.14. The number of methoxy groups -OCH3 is 1. The molecule has 2 amide bonds. The highest BCUT2D eigenvalue weighted by atomic mass is 19.1. The van der Waals surface area contributed by atoms with Crippen LogP contribution in [-0.4, -0.2) is 26.3 Å². The van der Waals surface area contributed by atoms with Gasteiger partial charge in [-0.15, -0.1) is 0 Å². The molecule has 1 unspecified atom stereocenters. The summed E-state index contributed by atoms with van der Waals surface area (Å²) in [6, 6.07) is 5.61. The lowest BCUT2D eigenvalue weighted by Crippen LogP contribution is -2.38. The molecule has 0 fully saturated rings. The first kappa shape index (κ1) is 13.4. The highest BCUT2D eigenvalue weighted by Crippen LogP contribution is 2.12. The van der Waals surface area contributed by atoms with Crippen molar-refractivity contribution in [2.45, 2.75) is 13.0 Å². The number of halogens is 1. The molecule has 4 nitrogen and oxygen atoms in total. The fourth-order valence-corrected chi connectivity index (χ4v) is 1.35. The average Bonchev–Trinajstić information content (AvgIpc) is 2.30. The van der Waals surface area contributed by atoms with E-state index >= 15 is 0 Å². The second kappa shape index (κ2) is 6.85. The molecular weight excluding hydrogens is 223 g/mol. The zero-order chi connectivity index (χ0) is 12.7. The van der Waals surface area contributed by atoms with Crippen molar-refractivity contribution in [2.24, 2.45) is 0 Å². The fourth-order valence-electron chi connectivity index (χ4n) is 1.35. The number of amides is 2. The van der Waals surface area contributed by atoms with Crippen LogP contribution in [0.5, 0.6) is 0 Å². The van der Waals surface area contributed by atoms with E-state index in [0.717, 1.165) is 5.56 Å². The monoisotopic (exact) mass is 240 g/mol. The highest BCUT2D eigenvalue weighted by Gasteiger charge is 2.08. The van der Waals surface area contributed by atoms with Crippen molar-refractivity contribution in [1.29, 1.82) is 0 Å². The third-order valence-electron chi connectivity index (χ3n) is 2.31. The van der Waals surface area contributed by atoms with Gasteiger partial charge in [-0.2, -0.15) is 0 Å². The van der Waals surface area contributed by atoms with Crippen LogP contribution in [0.25, 0.3) is 0 Å². The molecule has 5 heteroatoms. The van der Waals surface area contributed by atoms with E-state index in [0.29, 0.717) is 13.2 Å². The van der Waals surface area contributed by atoms with Gasteiger partial charge >= 0.3 is 6.03 Å². The molecule has 1 aromatic carbocycles. The number of benzene rings is 1. The minimum Gasteiger partial charge on any atom is -0.383 e. The van der Waals surface area contributed by atoms with Crippen LogP contribution >= 0.6 is 0 Å². The first-order valence-corrected chi connectivity index (χ1v) is 5.42. The van der Waals surface area contributed by atoms with Crippen molar-refractivity contribution in [3.8, 4) is 0 Å². The lowest BCUT2D eigenvalue weighted by molar-refractivity contribution is 0.195. The van der Waals surface area contributed by atoms with Gasteiger partial charge in [0.05, 0.1) is 12.6 Å². The molecule has 1 aromatic rings. The Bertz CT molecular complexity index is 354. The van der Waals surface area contributed by atoms with E-state index in [4.69, 9.17) is 4.74 Å². The number of ether oxygens (including phenoxy) is 1. The molecule has 2 N–H and O–H groups in total. The Labute approximate surface area is 100 Å². The molecule has 0 spiro atoms. The van der Waals surface area contributed by atoms with Crippen LogP contribution in [0.2, 0.25) is 0 Å². The standard InChI is InChI=1S/C12H17FN2O2/c1-9(10-3-5-11(13)6-4-10)15-12(16)14-7-8-17-2/h3-6,9H,7-8H2,1-2H3,(H2,14,15,16). The molecule has 0 saturated heterocycles. The summed E-state index contributed by atoms with van der Waals surface area (Å²) in [5.41, 5.74) is 0.855. The number of hydrogen-bond donors (Lipinski definition) is 2. The Kier molecular flexibility index (Phi) is 5.42. The molecule has 94 valence electrons. The first-order chi connectivity index (χ1) is 8.13. The second-order valence-electron chi connectivity index (χ2n) is 3.67. The smallest absolute Gasteiger partial charge is 0.315 e. The van der Waals surface area contributed by atoms with Gasteiger partial charge in [0, 0.05) is 13.7 Å². The van der Waals surface area contributed by atoms with Crippen LogP contribution in [0, 0.1) is 5.82 Å². The molecular formula is C12H17FN2O2. The molecule has 0 aliphatic rings. The molecule has 0 aliphatic heterocycles. The van der Waals surface area contributed by atoms with E-state index in [2.05, 4.69) is 10.6 Å². The van der Waals surface area contributed by atoms with Crippen molar-refractivity contribution in [1.82, 2.24) is 10.6 Å². The number of rotatable bonds is 5. The van der Waals surface area contributed by atoms with Gasteiger partial charge < -0.3 is 15.4 Å². The zero-order valence-corrected chi connectivity index (χ0v) is 10.00. The summed E-state index contributed by atoms with van der Waals surface area (Å²) < 4.78 is 17.5. The molecule has 0 saturated carbocycles. The summed E-state index contributed by atoms with van der Waals surface area (Å²) >= 11 is 0. The quantitative estimate of drug-likeness (QED) is 0.771. The minimum atomic E-state index is -0.287. The van der Waals surface area contributed by atoms with Crippen molar-refractivity contribution in [2.75, 3.05) is 20.3 Å². The summed E-state index contributed by atoms with van der Waals surface area (Å²) in [5.74, 6) is -0.287. The minimum absolute atomic E-state index is 0.168. The van der Waals surface area contributed by atoms with E-state index in [1.54, 1.807) is 19.2 Å². The van der Waals surface area contributed by atoms with Gasteiger partial charge in [-0.25, -0.2) is 9.18 Å². The highest BCUT2D eigenvalue weighted by molar-refractivity contribution is 5.74. The third kappa shape index (κ3) is 4.82. The topological polar surface area (TPSA) is 50.4 Å². The van der Waals surface area contributed by atoms with Gasteiger partial charge in [-0.05, 0) is 24.6 Å². The maximum absolute atomic E-state index is 12.7. The van der Waals surface area contributed by atoms with Crippen LogP contribution in [0.1, 0.15) is 18.5 Å². The van der Waals surface area contributed by atoms with Crippen molar-refractivity contribution < 1.29 is 13.9 Å². The van der Waals surface area contributed by atoms with Crippen LogP contribution in [0.3, 0.4) is 0 Å². The van der Waals surface area contributed by atoms with Gasteiger partial charge in [0.15, 0.2) is 0 Å². The van der Waals surface area contributed by atoms with Gasteiger partial charge in [0.25, 0.3) is 0 Å². The normalized spacial score (nSPS) is 11.9. The van der Waals surface area contributed by atoms with Gasteiger partial charge in [0.1, 0.15) is 5.82 Å². The van der Waals surface area contributed by atoms with Gasteiger partial charge in [0.2, 0.25) is 0 Å². The lowest BCUT2D eigenvalue weighted by atomic mass is 10.1. The summed E-state index contributed by atoms with van der Waals surface area (Å²) in [6.45, 7) is 2.76. The van der Waals surface area contributed by atoms with Crippen LogP contribution in [0.15, 0.2) is 24.3 Å². The Morgan fingerprint density at radius 1 is 1.41 bits per heavy atom. The SMILES string of the molecule is COCCNC(=O)NC(C)c1ccc(F)cc1. The Balaban J connectivity index is 2.40. The van der Waals surface area contributed by atoms with Gasteiger partial charge in [-0.3, -0.25) is 0 Å². The van der Waals surface area contributed by atoms with E-state index in [9.17, 15) is 9.18 Å². The number of urea groups is 1. The van der Waals surface area contributed by atoms with Crippen LogP contribution < -0.4 is 10.6 Å². The van der Waals surface area contributed by atoms with E-state index in [1.165, 1.54) is 12.1 Å². The van der Waals surface area contributed by atoms with Crippen LogP contribution in [0.4, 0.5) is 9.18 Å². The maximum Gasteiger partial charge on any atom is 0.315 e. The number of hydrogen-bond acceptors (Lipinski definition) is 2. The number of carbonyl (C=O) groups excluding carboxylic acids is 1. The third-order valence-corrected chi connectivity index (χ3v) is 2.31. The summed E-state index contributed by atoms with van der Waals surface area (Å²) in [4.78, 5) is 11.4. The Hall–Kier alpha value is -1.62. The van der Waals surface area contributed by atoms with Crippen LogP contribution in [-0.2, 0) is 4.74 Å².